The third kappa shape index (κ3) is 6.36. The number of halogens is 2. The van der Waals surface area contributed by atoms with E-state index in [0.717, 1.165) is 18.4 Å². The van der Waals surface area contributed by atoms with Crippen LogP contribution in [0.5, 0.6) is 0 Å². The quantitative estimate of drug-likeness (QED) is 0.825. The van der Waals surface area contributed by atoms with Gasteiger partial charge in [0.2, 0.25) is 0 Å². The second kappa shape index (κ2) is 7.49. The standard InChI is InChI=1S/C17H24ClFN2O2/c1-17(2,3)23-16(22)21-15(12-5-6-12)10-20-9-11-4-7-14(19)13(18)8-11/h4,7-8,12,15,20H,5-6,9-10H2,1-3H3,(H,21,22). The maximum Gasteiger partial charge on any atom is 0.407 e. The van der Waals surface area contributed by atoms with E-state index in [1.165, 1.54) is 6.07 Å². The number of hydrogen-bond acceptors (Lipinski definition) is 3. The second-order valence-electron chi connectivity index (χ2n) is 6.97. The Bertz CT molecular complexity index is 556. The van der Waals surface area contributed by atoms with E-state index in [1.807, 2.05) is 20.8 Å². The van der Waals surface area contributed by atoms with E-state index in [2.05, 4.69) is 10.6 Å². The van der Waals surface area contributed by atoms with Gasteiger partial charge in [-0.2, -0.15) is 0 Å². The van der Waals surface area contributed by atoms with Gasteiger partial charge in [0.05, 0.1) is 5.02 Å². The Hall–Kier alpha value is -1.33. The maximum atomic E-state index is 13.1. The summed E-state index contributed by atoms with van der Waals surface area (Å²) in [6, 6.07) is 4.70. The highest BCUT2D eigenvalue weighted by Gasteiger charge is 2.33. The molecular formula is C17H24ClFN2O2. The highest BCUT2D eigenvalue weighted by atomic mass is 35.5. The minimum Gasteiger partial charge on any atom is -0.444 e. The van der Waals surface area contributed by atoms with Crippen LogP contribution >= 0.6 is 11.6 Å². The lowest BCUT2D eigenvalue weighted by molar-refractivity contribution is 0.0497. The summed E-state index contributed by atoms with van der Waals surface area (Å²) in [4.78, 5) is 11.9. The molecule has 1 fully saturated rings. The van der Waals surface area contributed by atoms with Gasteiger partial charge in [-0.3, -0.25) is 0 Å². The number of amides is 1. The summed E-state index contributed by atoms with van der Waals surface area (Å²) in [6.07, 6.45) is 1.84. The van der Waals surface area contributed by atoms with Crippen molar-refractivity contribution in [1.82, 2.24) is 10.6 Å². The van der Waals surface area contributed by atoms with Crippen LogP contribution in [-0.2, 0) is 11.3 Å². The van der Waals surface area contributed by atoms with Gasteiger partial charge in [0.15, 0.2) is 0 Å². The highest BCUT2D eigenvalue weighted by molar-refractivity contribution is 6.30. The molecule has 2 rings (SSSR count). The van der Waals surface area contributed by atoms with E-state index in [1.54, 1.807) is 12.1 Å². The Morgan fingerprint density at radius 2 is 2.13 bits per heavy atom. The highest BCUT2D eigenvalue weighted by Crippen LogP contribution is 2.32. The molecule has 1 aliphatic rings. The SMILES string of the molecule is CC(C)(C)OC(=O)NC(CNCc1ccc(F)c(Cl)c1)C1CC1. The molecule has 23 heavy (non-hydrogen) atoms. The summed E-state index contributed by atoms with van der Waals surface area (Å²) in [5, 5.41) is 6.34. The molecule has 1 unspecified atom stereocenters. The fraction of sp³-hybridized carbons (Fsp3) is 0.588. The summed E-state index contributed by atoms with van der Waals surface area (Å²) in [5.41, 5.74) is 0.402. The molecular weight excluding hydrogens is 319 g/mol. The number of rotatable bonds is 6. The smallest absolute Gasteiger partial charge is 0.407 e. The van der Waals surface area contributed by atoms with Gasteiger partial charge in [0.1, 0.15) is 11.4 Å². The largest absolute Gasteiger partial charge is 0.444 e. The normalized spacial score (nSPS) is 16.0. The molecule has 0 radical (unpaired) electrons. The van der Waals surface area contributed by atoms with E-state index in [0.29, 0.717) is 19.0 Å². The van der Waals surface area contributed by atoms with Crippen molar-refractivity contribution in [3.8, 4) is 0 Å². The molecule has 6 heteroatoms. The van der Waals surface area contributed by atoms with Crippen molar-refractivity contribution >= 4 is 17.7 Å². The average Bonchev–Trinajstić information content (AvgIpc) is 3.24. The van der Waals surface area contributed by atoms with Crippen molar-refractivity contribution in [2.75, 3.05) is 6.54 Å². The first-order chi connectivity index (χ1) is 10.7. The van der Waals surface area contributed by atoms with Crippen molar-refractivity contribution in [2.45, 2.75) is 51.8 Å². The summed E-state index contributed by atoms with van der Waals surface area (Å²) >= 11 is 5.77. The van der Waals surface area contributed by atoms with Gasteiger partial charge in [0.25, 0.3) is 0 Å². The van der Waals surface area contributed by atoms with E-state index in [4.69, 9.17) is 16.3 Å². The Kier molecular flexibility index (Phi) is 5.87. The number of ether oxygens (including phenoxy) is 1. The molecule has 1 saturated carbocycles. The third-order valence-corrected chi connectivity index (χ3v) is 3.86. The van der Waals surface area contributed by atoms with Crippen LogP contribution < -0.4 is 10.6 Å². The van der Waals surface area contributed by atoms with Crippen LogP contribution in [0.4, 0.5) is 9.18 Å². The molecule has 0 aromatic heterocycles. The Balaban J connectivity index is 1.81. The molecule has 0 aliphatic heterocycles. The summed E-state index contributed by atoms with van der Waals surface area (Å²) in [6.45, 7) is 6.73. The first-order valence-electron chi connectivity index (χ1n) is 7.89. The van der Waals surface area contributed by atoms with Crippen LogP contribution in [0.3, 0.4) is 0 Å². The van der Waals surface area contributed by atoms with Crippen molar-refractivity contribution in [2.24, 2.45) is 5.92 Å². The monoisotopic (exact) mass is 342 g/mol. The van der Waals surface area contributed by atoms with Gasteiger partial charge in [0, 0.05) is 19.1 Å². The molecule has 128 valence electrons. The van der Waals surface area contributed by atoms with Gasteiger partial charge < -0.3 is 15.4 Å². The Labute approximate surface area is 141 Å². The molecule has 0 heterocycles. The van der Waals surface area contributed by atoms with Crippen molar-refractivity contribution in [1.29, 1.82) is 0 Å². The number of benzene rings is 1. The summed E-state index contributed by atoms with van der Waals surface area (Å²) < 4.78 is 18.4. The summed E-state index contributed by atoms with van der Waals surface area (Å²) in [7, 11) is 0. The molecule has 0 saturated heterocycles. The molecule has 2 N–H and O–H groups in total. The van der Waals surface area contributed by atoms with Crippen molar-refractivity contribution in [3.63, 3.8) is 0 Å². The fourth-order valence-corrected chi connectivity index (χ4v) is 2.52. The molecule has 1 atom stereocenters. The predicted octanol–water partition coefficient (Wildman–Crippen LogP) is 3.87. The topological polar surface area (TPSA) is 50.4 Å². The number of alkyl carbamates (subject to hydrolysis) is 1. The van der Waals surface area contributed by atoms with Gasteiger partial charge in [-0.05, 0) is 57.2 Å². The number of carbonyl (C=O) groups excluding carboxylic acids is 1. The zero-order valence-electron chi connectivity index (χ0n) is 13.8. The lowest BCUT2D eigenvalue weighted by atomic mass is 10.1. The first-order valence-corrected chi connectivity index (χ1v) is 8.26. The molecule has 4 nitrogen and oxygen atoms in total. The lowest BCUT2D eigenvalue weighted by Crippen LogP contribution is -2.45. The van der Waals surface area contributed by atoms with Gasteiger partial charge in [-0.1, -0.05) is 17.7 Å². The maximum absolute atomic E-state index is 13.1. The van der Waals surface area contributed by atoms with E-state index in [-0.39, 0.29) is 17.2 Å². The van der Waals surface area contributed by atoms with Crippen LogP contribution in [0.1, 0.15) is 39.2 Å². The van der Waals surface area contributed by atoms with Crippen LogP contribution in [0.15, 0.2) is 18.2 Å². The molecule has 1 aromatic carbocycles. The molecule has 1 aliphatic carbocycles. The molecule has 0 spiro atoms. The minimum absolute atomic E-state index is 0.0424. The Morgan fingerprint density at radius 1 is 1.43 bits per heavy atom. The zero-order chi connectivity index (χ0) is 17.0. The van der Waals surface area contributed by atoms with Crippen LogP contribution in [0.25, 0.3) is 0 Å². The van der Waals surface area contributed by atoms with E-state index >= 15 is 0 Å². The molecule has 1 amide bonds. The number of hydrogen-bond donors (Lipinski definition) is 2. The van der Waals surface area contributed by atoms with Gasteiger partial charge in [-0.15, -0.1) is 0 Å². The first kappa shape index (κ1) is 18.0. The number of carbonyl (C=O) groups is 1. The van der Waals surface area contributed by atoms with Crippen LogP contribution in [0.2, 0.25) is 5.02 Å². The Morgan fingerprint density at radius 3 is 2.70 bits per heavy atom. The lowest BCUT2D eigenvalue weighted by Gasteiger charge is -2.24. The molecule has 1 aromatic rings. The number of nitrogens with one attached hydrogen (secondary N) is 2. The van der Waals surface area contributed by atoms with Crippen molar-refractivity contribution < 1.29 is 13.9 Å². The van der Waals surface area contributed by atoms with Crippen LogP contribution in [0, 0.1) is 11.7 Å². The van der Waals surface area contributed by atoms with Crippen LogP contribution in [-0.4, -0.2) is 24.3 Å². The van der Waals surface area contributed by atoms with Gasteiger partial charge in [-0.25, -0.2) is 9.18 Å². The zero-order valence-corrected chi connectivity index (χ0v) is 14.5. The summed E-state index contributed by atoms with van der Waals surface area (Å²) in [5.74, 6) is 0.0738. The van der Waals surface area contributed by atoms with E-state index in [9.17, 15) is 9.18 Å². The second-order valence-corrected chi connectivity index (χ2v) is 7.38. The van der Waals surface area contributed by atoms with E-state index < -0.39 is 11.4 Å². The fourth-order valence-electron chi connectivity index (χ4n) is 2.31. The van der Waals surface area contributed by atoms with Gasteiger partial charge >= 0.3 is 6.09 Å². The predicted molar refractivity (Wildman–Crippen MR) is 89.0 cm³/mol. The molecule has 0 bridgehead atoms. The average molecular weight is 343 g/mol. The minimum atomic E-state index is -0.503. The third-order valence-electron chi connectivity index (χ3n) is 3.57. The van der Waals surface area contributed by atoms with Crippen molar-refractivity contribution in [3.05, 3.63) is 34.6 Å².